The van der Waals surface area contributed by atoms with Crippen LogP contribution in [0.3, 0.4) is 0 Å². The average Bonchev–Trinajstić information content (AvgIpc) is 3.03. The maximum Gasteiger partial charge on any atom is 0.434 e. The van der Waals surface area contributed by atoms with Crippen LogP contribution in [0.1, 0.15) is 31.4 Å². The van der Waals surface area contributed by atoms with Gasteiger partial charge in [0.2, 0.25) is 17.8 Å². The van der Waals surface area contributed by atoms with Gasteiger partial charge in [0.05, 0.1) is 18.8 Å². The normalized spacial score (nSPS) is 18.4. The van der Waals surface area contributed by atoms with Crippen LogP contribution in [0, 0.1) is 0 Å². The van der Waals surface area contributed by atoms with Crippen LogP contribution < -0.4 is 15.5 Å². The summed E-state index contributed by atoms with van der Waals surface area (Å²) in [5.74, 6) is 0.125. The van der Waals surface area contributed by atoms with Crippen LogP contribution >= 0.6 is 0 Å². The van der Waals surface area contributed by atoms with Crippen LogP contribution in [0.15, 0.2) is 6.20 Å². The highest BCUT2D eigenvalue weighted by atomic mass is 19.4. The van der Waals surface area contributed by atoms with Gasteiger partial charge < -0.3 is 20.3 Å². The second kappa shape index (κ2) is 8.54. The molecule has 2 N–H and O–H groups in total. The number of hydrogen-bond donors (Lipinski definition) is 1. The lowest BCUT2D eigenvalue weighted by atomic mass is 10.2. The number of alkyl halides is 3. The average molecular weight is 424 g/mol. The molecule has 0 unspecified atom stereocenters. The summed E-state index contributed by atoms with van der Waals surface area (Å²) in [5.41, 5.74) is 3.94. The number of morpholine rings is 1. The first-order chi connectivity index (χ1) is 14.4. The quantitative estimate of drug-likeness (QED) is 0.793. The molecule has 2 aromatic rings. The summed E-state index contributed by atoms with van der Waals surface area (Å²) in [6, 6.07) is 0. The summed E-state index contributed by atoms with van der Waals surface area (Å²) in [7, 11) is 0. The number of halogens is 3. The van der Waals surface area contributed by atoms with E-state index >= 15 is 0 Å². The van der Waals surface area contributed by atoms with Gasteiger partial charge in [-0.05, 0) is 12.8 Å². The Labute approximate surface area is 171 Å². The molecule has 2 aliphatic heterocycles. The van der Waals surface area contributed by atoms with Crippen LogP contribution in [0.4, 0.5) is 31.0 Å². The van der Waals surface area contributed by atoms with Crippen molar-refractivity contribution in [2.45, 2.75) is 31.9 Å². The highest BCUT2D eigenvalue weighted by Gasteiger charge is 2.37. The molecule has 0 spiro atoms. The molecule has 2 aliphatic rings. The molecule has 162 valence electrons. The van der Waals surface area contributed by atoms with E-state index in [1.807, 2.05) is 9.80 Å². The summed E-state index contributed by atoms with van der Waals surface area (Å²) >= 11 is 0. The standard InChI is InChI=1S/C18H23F3N8O/c19-18(20,21)13-12(11-23-15(22)24-13)14-25-16(28-5-3-1-2-4-6-28)27-17(26-14)29-7-9-30-10-8-29/h11H,1-10H2,(H2,22,23,24). The van der Waals surface area contributed by atoms with E-state index in [1.54, 1.807) is 0 Å². The van der Waals surface area contributed by atoms with Crippen LogP contribution in [-0.4, -0.2) is 64.3 Å². The largest absolute Gasteiger partial charge is 0.434 e. The molecule has 4 rings (SSSR count). The molecule has 0 aromatic carbocycles. The zero-order valence-corrected chi connectivity index (χ0v) is 16.4. The van der Waals surface area contributed by atoms with E-state index in [0.29, 0.717) is 38.2 Å². The van der Waals surface area contributed by atoms with Gasteiger partial charge in [0.25, 0.3) is 0 Å². The zero-order chi connectivity index (χ0) is 21.1. The zero-order valence-electron chi connectivity index (χ0n) is 16.4. The number of nitrogen functional groups attached to an aromatic ring is 1. The first-order valence-corrected chi connectivity index (χ1v) is 9.95. The number of nitrogens with two attached hydrogens (primary N) is 1. The molecule has 0 aliphatic carbocycles. The minimum Gasteiger partial charge on any atom is -0.378 e. The van der Waals surface area contributed by atoms with Crippen molar-refractivity contribution in [3.8, 4) is 11.4 Å². The summed E-state index contributed by atoms with van der Waals surface area (Å²) in [4.78, 5) is 24.4. The van der Waals surface area contributed by atoms with Gasteiger partial charge in [0.1, 0.15) is 0 Å². The van der Waals surface area contributed by atoms with Crippen LogP contribution in [0.2, 0.25) is 0 Å². The SMILES string of the molecule is Nc1ncc(-c2nc(N3CCCCCC3)nc(N3CCOCC3)n2)c(C(F)(F)F)n1. The lowest BCUT2D eigenvalue weighted by Gasteiger charge is -2.28. The minimum atomic E-state index is -4.72. The fourth-order valence-corrected chi connectivity index (χ4v) is 3.57. The summed E-state index contributed by atoms with van der Waals surface area (Å²) in [6.45, 7) is 3.59. The van der Waals surface area contributed by atoms with Gasteiger partial charge in [-0.15, -0.1) is 0 Å². The summed E-state index contributed by atoms with van der Waals surface area (Å²) in [5, 5.41) is 0. The minimum absolute atomic E-state index is 0.113. The summed E-state index contributed by atoms with van der Waals surface area (Å²) < 4.78 is 46.2. The van der Waals surface area contributed by atoms with Gasteiger partial charge in [0, 0.05) is 32.4 Å². The Bertz CT molecular complexity index is 880. The molecule has 2 aromatic heterocycles. The van der Waals surface area contributed by atoms with Gasteiger partial charge in [-0.1, -0.05) is 12.8 Å². The molecule has 9 nitrogen and oxygen atoms in total. The highest BCUT2D eigenvalue weighted by molar-refractivity contribution is 5.62. The molecule has 0 amide bonds. The van der Waals surface area contributed by atoms with Crippen molar-refractivity contribution >= 4 is 17.8 Å². The van der Waals surface area contributed by atoms with E-state index in [2.05, 4.69) is 24.9 Å². The van der Waals surface area contributed by atoms with Crippen LogP contribution in [0.25, 0.3) is 11.4 Å². The maximum absolute atomic E-state index is 13.6. The van der Waals surface area contributed by atoms with Crippen LogP contribution in [0.5, 0.6) is 0 Å². The number of rotatable bonds is 3. The van der Waals surface area contributed by atoms with E-state index in [4.69, 9.17) is 10.5 Å². The van der Waals surface area contributed by atoms with Crippen molar-refractivity contribution in [2.75, 3.05) is 54.9 Å². The lowest BCUT2D eigenvalue weighted by molar-refractivity contribution is -0.140. The second-order valence-corrected chi connectivity index (χ2v) is 7.25. The van der Waals surface area contributed by atoms with Crippen molar-refractivity contribution in [3.63, 3.8) is 0 Å². The lowest BCUT2D eigenvalue weighted by Crippen LogP contribution is -2.38. The third-order valence-corrected chi connectivity index (χ3v) is 5.11. The monoisotopic (exact) mass is 424 g/mol. The molecule has 2 fully saturated rings. The molecular weight excluding hydrogens is 401 g/mol. The molecule has 12 heteroatoms. The fourth-order valence-electron chi connectivity index (χ4n) is 3.57. The van der Waals surface area contributed by atoms with Gasteiger partial charge in [0.15, 0.2) is 11.5 Å². The van der Waals surface area contributed by atoms with Gasteiger partial charge >= 0.3 is 6.18 Å². The molecule has 0 atom stereocenters. The number of ether oxygens (including phenoxy) is 1. The molecule has 0 bridgehead atoms. The topological polar surface area (TPSA) is 106 Å². The molecule has 30 heavy (non-hydrogen) atoms. The number of nitrogens with zero attached hydrogens (tertiary/aromatic N) is 7. The second-order valence-electron chi connectivity index (χ2n) is 7.25. The Morgan fingerprint density at radius 2 is 1.43 bits per heavy atom. The van der Waals surface area contributed by atoms with Crippen LogP contribution in [-0.2, 0) is 10.9 Å². The van der Waals surface area contributed by atoms with E-state index < -0.39 is 17.8 Å². The van der Waals surface area contributed by atoms with Crippen molar-refractivity contribution in [2.24, 2.45) is 0 Å². The molecule has 4 heterocycles. The predicted octanol–water partition coefficient (Wildman–Crippen LogP) is 2.15. The van der Waals surface area contributed by atoms with Crippen molar-refractivity contribution < 1.29 is 17.9 Å². The van der Waals surface area contributed by atoms with Crippen molar-refractivity contribution in [1.82, 2.24) is 24.9 Å². The molecular formula is C18H23F3N8O. The molecule has 0 saturated carbocycles. The van der Waals surface area contributed by atoms with E-state index in [0.717, 1.165) is 45.0 Å². The van der Waals surface area contributed by atoms with Gasteiger partial charge in [-0.2, -0.15) is 28.1 Å². The smallest absolute Gasteiger partial charge is 0.378 e. The van der Waals surface area contributed by atoms with Gasteiger partial charge in [-0.25, -0.2) is 9.97 Å². The van der Waals surface area contributed by atoms with Crippen molar-refractivity contribution in [1.29, 1.82) is 0 Å². The summed E-state index contributed by atoms with van der Waals surface area (Å²) in [6.07, 6.45) is 0.472. The first-order valence-electron chi connectivity index (χ1n) is 9.95. The van der Waals surface area contributed by atoms with E-state index in [9.17, 15) is 13.2 Å². The van der Waals surface area contributed by atoms with Gasteiger partial charge in [-0.3, -0.25) is 0 Å². The Morgan fingerprint density at radius 1 is 0.833 bits per heavy atom. The maximum atomic E-state index is 13.6. The fraction of sp³-hybridized carbons (Fsp3) is 0.611. The third kappa shape index (κ3) is 4.53. The molecule has 0 radical (unpaired) electrons. The predicted molar refractivity (Wildman–Crippen MR) is 104 cm³/mol. The molecule has 2 saturated heterocycles. The Kier molecular flexibility index (Phi) is 5.84. The Balaban J connectivity index is 1.82. The number of aromatic nitrogens is 5. The van der Waals surface area contributed by atoms with E-state index in [1.165, 1.54) is 0 Å². The highest BCUT2D eigenvalue weighted by Crippen LogP contribution is 2.35. The van der Waals surface area contributed by atoms with E-state index in [-0.39, 0.29) is 11.4 Å². The van der Waals surface area contributed by atoms with Crippen molar-refractivity contribution in [3.05, 3.63) is 11.9 Å². The first kappa shape index (κ1) is 20.5. The number of hydrogen-bond acceptors (Lipinski definition) is 9. The third-order valence-electron chi connectivity index (χ3n) is 5.11. The Morgan fingerprint density at radius 3 is 2.03 bits per heavy atom. The Hall–Kier alpha value is -2.76. The number of anilines is 3.